The average Bonchev–Trinajstić information content (AvgIpc) is 2.64. The maximum absolute atomic E-state index is 12.8. The van der Waals surface area contributed by atoms with Gasteiger partial charge < -0.3 is 10.5 Å². The van der Waals surface area contributed by atoms with E-state index < -0.39 is 0 Å². The van der Waals surface area contributed by atoms with Gasteiger partial charge in [-0.2, -0.15) is 0 Å². The molecule has 0 spiro atoms. The summed E-state index contributed by atoms with van der Waals surface area (Å²) >= 11 is 0. The molecular formula is C18H16N4O2. The van der Waals surface area contributed by atoms with Crippen molar-refractivity contribution in [2.45, 2.75) is 0 Å². The zero-order chi connectivity index (χ0) is 16.8. The van der Waals surface area contributed by atoms with Gasteiger partial charge in [-0.15, -0.1) is 0 Å². The highest BCUT2D eigenvalue weighted by atomic mass is 16.5. The van der Waals surface area contributed by atoms with Gasteiger partial charge in [0.2, 0.25) is 5.95 Å². The van der Waals surface area contributed by atoms with Gasteiger partial charge in [0.25, 0.3) is 5.91 Å². The van der Waals surface area contributed by atoms with Crippen LogP contribution in [0.25, 0.3) is 0 Å². The van der Waals surface area contributed by atoms with Crippen LogP contribution in [0.4, 0.5) is 11.6 Å². The van der Waals surface area contributed by atoms with Crippen molar-refractivity contribution in [1.29, 1.82) is 0 Å². The van der Waals surface area contributed by atoms with Crippen molar-refractivity contribution < 1.29 is 9.53 Å². The quantitative estimate of drug-likeness (QED) is 0.731. The van der Waals surface area contributed by atoms with Crippen LogP contribution >= 0.6 is 0 Å². The second kappa shape index (κ2) is 7.23. The lowest BCUT2D eigenvalue weighted by Gasteiger charge is -2.23. The monoisotopic (exact) mass is 320 g/mol. The summed E-state index contributed by atoms with van der Waals surface area (Å²) in [6, 6.07) is 18.6. The van der Waals surface area contributed by atoms with Crippen molar-refractivity contribution in [3.8, 4) is 5.75 Å². The zero-order valence-corrected chi connectivity index (χ0v) is 12.9. The average molecular weight is 320 g/mol. The Balaban J connectivity index is 1.84. The van der Waals surface area contributed by atoms with E-state index >= 15 is 0 Å². The number of ether oxygens (including phenoxy) is 1. The highest BCUT2D eigenvalue weighted by Gasteiger charge is 2.19. The van der Waals surface area contributed by atoms with Crippen LogP contribution in [0.15, 0.2) is 73.1 Å². The molecule has 24 heavy (non-hydrogen) atoms. The van der Waals surface area contributed by atoms with Crippen molar-refractivity contribution in [3.63, 3.8) is 0 Å². The minimum Gasteiger partial charge on any atom is -0.473 e. The van der Waals surface area contributed by atoms with E-state index in [-0.39, 0.29) is 18.6 Å². The van der Waals surface area contributed by atoms with Crippen molar-refractivity contribution in [2.24, 2.45) is 0 Å². The van der Waals surface area contributed by atoms with Crippen LogP contribution < -0.4 is 15.4 Å². The fourth-order valence-corrected chi connectivity index (χ4v) is 2.12. The molecule has 0 aliphatic carbocycles. The summed E-state index contributed by atoms with van der Waals surface area (Å²) in [5.74, 6) is 0.537. The van der Waals surface area contributed by atoms with Gasteiger partial charge in [0.05, 0.1) is 5.56 Å². The molecule has 3 aromatic rings. The Labute approximate surface area is 139 Å². The van der Waals surface area contributed by atoms with Crippen LogP contribution in [0.5, 0.6) is 5.75 Å². The summed E-state index contributed by atoms with van der Waals surface area (Å²) in [6.45, 7) is 0.0667. The van der Waals surface area contributed by atoms with Crippen LogP contribution in [0, 0.1) is 0 Å². The minimum absolute atomic E-state index is 0.0667. The number of carbonyl (C=O) groups is 1. The summed E-state index contributed by atoms with van der Waals surface area (Å²) in [5.41, 5.74) is 6.53. The normalized spacial score (nSPS) is 10.2. The smallest absolute Gasteiger partial charge is 0.264 e. The third-order valence-electron chi connectivity index (χ3n) is 3.34. The van der Waals surface area contributed by atoms with E-state index in [9.17, 15) is 4.79 Å². The Morgan fingerprint density at radius 3 is 2.17 bits per heavy atom. The van der Waals surface area contributed by atoms with Gasteiger partial charge in [-0.25, -0.2) is 9.97 Å². The van der Waals surface area contributed by atoms with Gasteiger partial charge in [0.1, 0.15) is 5.75 Å². The number of nitrogens with two attached hydrogens (primary N) is 1. The predicted molar refractivity (Wildman–Crippen MR) is 91.6 cm³/mol. The maximum Gasteiger partial charge on any atom is 0.264 e. The minimum atomic E-state index is -0.267. The van der Waals surface area contributed by atoms with E-state index in [2.05, 4.69) is 9.97 Å². The number of nitrogen functional groups attached to an aromatic ring is 1. The second-order valence-electron chi connectivity index (χ2n) is 4.99. The molecule has 2 aromatic carbocycles. The number of amides is 1. The molecular weight excluding hydrogens is 304 g/mol. The van der Waals surface area contributed by atoms with Crippen molar-refractivity contribution in [3.05, 3.63) is 78.6 Å². The first-order valence-corrected chi connectivity index (χ1v) is 7.36. The van der Waals surface area contributed by atoms with E-state index in [0.29, 0.717) is 11.3 Å². The lowest BCUT2D eigenvalue weighted by atomic mass is 10.2. The Hall–Kier alpha value is -3.41. The Kier molecular flexibility index (Phi) is 4.67. The maximum atomic E-state index is 12.8. The topological polar surface area (TPSA) is 81.3 Å². The number of rotatable bonds is 5. The van der Waals surface area contributed by atoms with E-state index in [1.807, 2.05) is 60.7 Å². The van der Waals surface area contributed by atoms with Gasteiger partial charge in [0, 0.05) is 18.1 Å². The van der Waals surface area contributed by atoms with Crippen LogP contribution in [-0.4, -0.2) is 22.6 Å². The van der Waals surface area contributed by atoms with E-state index in [4.69, 9.17) is 10.5 Å². The zero-order valence-electron chi connectivity index (χ0n) is 12.9. The largest absolute Gasteiger partial charge is 0.473 e. The highest BCUT2D eigenvalue weighted by Crippen LogP contribution is 2.18. The molecule has 2 N–H and O–H groups in total. The molecule has 1 aromatic heterocycles. The number of hydrogen-bond donors (Lipinski definition) is 1. The summed E-state index contributed by atoms with van der Waals surface area (Å²) < 4.78 is 5.73. The van der Waals surface area contributed by atoms with E-state index in [1.54, 1.807) is 0 Å². The molecule has 1 heterocycles. The molecule has 6 heteroatoms. The van der Waals surface area contributed by atoms with E-state index in [1.165, 1.54) is 17.3 Å². The van der Waals surface area contributed by atoms with Gasteiger partial charge >= 0.3 is 0 Å². The number of anilines is 2. The first kappa shape index (κ1) is 15.5. The van der Waals surface area contributed by atoms with Crippen molar-refractivity contribution >= 4 is 17.5 Å². The number of benzene rings is 2. The molecule has 6 nitrogen and oxygen atoms in total. The predicted octanol–water partition coefficient (Wildman–Crippen LogP) is 2.74. The molecule has 0 unspecified atom stereocenters. The van der Waals surface area contributed by atoms with Gasteiger partial charge in [-0.1, -0.05) is 36.4 Å². The second-order valence-corrected chi connectivity index (χ2v) is 4.99. The summed E-state index contributed by atoms with van der Waals surface area (Å²) in [5, 5.41) is 0. The molecule has 0 fully saturated rings. The van der Waals surface area contributed by atoms with Crippen LogP contribution in [0.1, 0.15) is 10.4 Å². The molecule has 0 aliphatic heterocycles. The van der Waals surface area contributed by atoms with Crippen LogP contribution in [0.3, 0.4) is 0 Å². The third-order valence-corrected chi connectivity index (χ3v) is 3.34. The molecule has 3 rings (SSSR count). The summed E-state index contributed by atoms with van der Waals surface area (Å²) in [4.78, 5) is 22.1. The Bertz CT molecular complexity index is 792. The fourth-order valence-electron chi connectivity index (χ4n) is 2.12. The SMILES string of the molecule is Nc1ncc(C(=O)N(COc2ccccc2)c2ccccc2)cn1. The number of carbonyl (C=O) groups excluding carboxylic acids is 1. The summed E-state index contributed by atoms with van der Waals surface area (Å²) in [6.07, 6.45) is 2.81. The van der Waals surface area contributed by atoms with Gasteiger partial charge in [-0.05, 0) is 24.3 Å². The molecule has 0 aliphatic rings. The molecule has 120 valence electrons. The van der Waals surface area contributed by atoms with Crippen LogP contribution in [0.2, 0.25) is 0 Å². The third kappa shape index (κ3) is 3.67. The Morgan fingerprint density at radius 2 is 1.54 bits per heavy atom. The molecule has 0 radical (unpaired) electrons. The Morgan fingerprint density at radius 1 is 0.958 bits per heavy atom. The number of hydrogen-bond acceptors (Lipinski definition) is 5. The van der Waals surface area contributed by atoms with Crippen molar-refractivity contribution in [2.75, 3.05) is 17.4 Å². The molecule has 0 atom stereocenters. The van der Waals surface area contributed by atoms with Gasteiger partial charge in [0.15, 0.2) is 6.73 Å². The van der Waals surface area contributed by atoms with Crippen molar-refractivity contribution in [1.82, 2.24) is 9.97 Å². The summed E-state index contributed by atoms with van der Waals surface area (Å²) in [7, 11) is 0. The van der Waals surface area contributed by atoms with Gasteiger partial charge in [-0.3, -0.25) is 9.69 Å². The fraction of sp³-hybridized carbons (Fsp3) is 0.0556. The lowest BCUT2D eigenvalue weighted by Crippen LogP contribution is -2.34. The molecule has 1 amide bonds. The molecule has 0 saturated carbocycles. The standard InChI is InChI=1S/C18H16N4O2/c19-18-20-11-14(12-21-18)17(23)22(15-7-3-1-4-8-15)13-24-16-9-5-2-6-10-16/h1-12H,13H2,(H2,19,20,21). The van der Waals surface area contributed by atoms with Crippen LogP contribution in [-0.2, 0) is 0 Å². The van der Waals surface area contributed by atoms with E-state index in [0.717, 1.165) is 5.69 Å². The first-order chi connectivity index (χ1) is 11.7. The highest BCUT2D eigenvalue weighted by molar-refractivity contribution is 6.05. The molecule has 0 saturated heterocycles. The lowest BCUT2D eigenvalue weighted by molar-refractivity contribution is 0.0964. The first-order valence-electron chi connectivity index (χ1n) is 7.36. The number of para-hydroxylation sites is 2. The number of aromatic nitrogens is 2. The molecule has 0 bridgehead atoms. The number of nitrogens with zero attached hydrogens (tertiary/aromatic N) is 3.